The molecule has 1 saturated heterocycles. The van der Waals surface area contributed by atoms with E-state index in [-0.39, 0.29) is 11.7 Å². The van der Waals surface area contributed by atoms with Gasteiger partial charge in [-0.2, -0.15) is 0 Å². The van der Waals surface area contributed by atoms with Gasteiger partial charge in [0.1, 0.15) is 5.82 Å². The minimum atomic E-state index is -0.193. The molecule has 1 fully saturated rings. The number of carbonyl (C=O) groups excluding carboxylic acids is 1. The summed E-state index contributed by atoms with van der Waals surface area (Å²) in [6.07, 6.45) is 2.19. The molecule has 4 nitrogen and oxygen atoms in total. The molecular formula is C20H25FN2O2S. The Hall–Kier alpha value is -1.76. The maximum atomic E-state index is 13.5. The Balaban J connectivity index is 1.68. The van der Waals surface area contributed by atoms with Gasteiger partial charge in [0.15, 0.2) is 0 Å². The second kappa shape index (κ2) is 8.75. The Bertz CT molecular complexity index is 749. The van der Waals surface area contributed by atoms with Crippen molar-refractivity contribution in [3.05, 3.63) is 57.5 Å². The van der Waals surface area contributed by atoms with Gasteiger partial charge in [-0.1, -0.05) is 12.1 Å². The summed E-state index contributed by atoms with van der Waals surface area (Å²) in [6.45, 7) is 2.84. The van der Waals surface area contributed by atoms with Crippen LogP contribution in [0.4, 0.5) is 4.39 Å². The van der Waals surface area contributed by atoms with Crippen LogP contribution in [0.3, 0.4) is 0 Å². The summed E-state index contributed by atoms with van der Waals surface area (Å²) in [7, 11) is 3.43. The van der Waals surface area contributed by atoms with E-state index in [0.29, 0.717) is 19.2 Å². The van der Waals surface area contributed by atoms with Crippen molar-refractivity contribution in [2.75, 3.05) is 33.9 Å². The molecule has 1 aromatic carbocycles. The van der Waals surface area contributed by atoms with Crippen LogP contribution in [0, 0.1) is 5.82 Å². The smallest absolute Gasteiger partial charge is 0.263 e. The number of rotatable bonds is 7. The van der Waals surface area contributed by atoms with E-state index >= 15 is 0 Å². The molecule has 1 aliphatic rings. The molecule has 2 heterocycles. The molecule has 0 aliphatic carbocycles. The van der Waals surface area contributed by atoms with Crippen LogP contribution in [-0.2, 0) is 11.3 Å². The predicted molar refractivity (Wildman–Crippen MR) is 102 cm³/mol. The highest BCUT2D eigenvalue weighted by molar-refractivity contribution is 7.14. The number of halogens is 1. The van der Waals surface area contributed by atoms with Crippen molar-refractivity contribution >= 4 is 17.2 Å². The first-order chi connectivity index (χ1) is 12.6. The third-order valence-corrected chi connectivity index (χ3v) is 5.96. The van der Waals surface area contributed by atoms with E-state index in [9.17, 15) is 9.18 Å². The number of hydrogen-bond acceptors (Lipinski definition) is 4. The summed E-state index contributed by atoms with van der Waals surface area (Å²) in [5.74, 6) is -0.158. The zero-order valence-corrected chi connectivity index (χ0v) is 16.1. The van der Waals surface area contributed by atoms with E-state index < -0.39 is 0 Å². The number of carbonyl (C=O) groups is 1. The van der Waals surface area contributed by atoms with Crippen molar-refractivity contribution in [2.24, 2.45) is 0 Å². The number of nitrogens with zero attached hydrogens (tertiary/aromatic N) is 2. The molecule has 3 rings (SSSR count). The summed E-state index contributed by atoms with van der Waals surface area (Å²) >= 11 is 1.57. The first-order valence-corrected chi connectivity index (χ1v) is 9.73. The van der Waals surface area contributed by atoms with Crippen molar-refractivity contribution in [3.63, 3.8) is 0 Å². The summed E-state index contributed by atoms with van der Waals surface area (Å²) in [5.41, 5.74) is 0.990. The Kier molecular flexibility index (Phi) is 6.40. The van der Waals surface area contributed by atoms with Crippen LogP contribution in [0.1, 0.15) is 39.0 Å². The van der Waals surface area contributed by atoms with E-state index in [4.69, 9.17) is 4.74 Å². The van der Waals surface area contributed by atoms with Crippen molar-refractivity contribution in [1.29, 1.82) is 0 Å². The number of ether oxygens (including phenoxy) is 1. The van der Waals surface area contributed by atoms with Gasteiger partial charge in [0, 0.05) is 38.2 Å². The van der Waals surface area contributed by atoms with Gasteiger partial charge in [0.25, 0.3) is 5.91 Å². The van der Waals surface area contributed by atoms with Crippen LogP contribution in [0.15, 0.2) is 36.4 Å². The zero-order valence-electron chi connectivity index (χ0n) is 15.3. The molecule has 1 aliphatic heterocycles. The second-order valence-corrected chi connectivity index (χ2v) is 7.80. The molecule has 140 valence electrons. The van der Waals surface area contributed by atoms with E-state index in [1.807, 2.05) is 12.1 Å². The van der Waals surface area contributed by atoms with Crippen LogP contribution in [-0.4, -0.2) is 49.6 Å². The topological polar surface area (TPSA) is 32.8 Å². The molecule has 2 aromatic rings. The third kappa shape index (κ3) is 4.50. The molecule has 1 aromatic heterocycles. The van der Waals surface area contributed by atoms with Gasteiger partial charge in [-0.3, -0.25) is 9.69 Å². The largest absolute Gasteiger partial charge is 0.383 e. The fraction of sp³-hybridized carbons (Fsp3) is 0.450. The molecule has 1 amide bonds. The number of hydrogen-bond donors (Lipinski definition) is 0. The van der Waals surface area contributed by atoms with E-state index in [1.165, 1.54) is 10.9 Å². The zero-order chi connectivity index (χ0) is 18.5. The van der Waals surface area contributed by atoms with Crippen molar-refractivity contribution in [2.45, 2.75) is 25.4 Å². The first kappa shape index (κ1) is 19.0. The summed E-state index contributed by atoms with van der Waals surface area (Å²) in [6, 6.07) is 11.1. The molecular weight excluding hydrogens is 351 g/mol. The average Bonchev–Trinajstić information content (AvgIpc) is 3.28. The number of benzene rings is 1. The van der Waals surface area contributed by atoms with Crippen LogP contribution >= 0.6 is 11.3 Å². The molecule has 0 bridgehead atoms. The van der Waals surface area contributed by atoms with Crippen LogP contribution < -0.4 is 0 Å². The molecule has 6 heteroatoms. The summed E-state index contributed by atoms with van der Waals surface area (Å²) in [5, 5.41) is 0. The average molecular weight is 376 g/mol. The number of thiophene rings is 1. The lowest BCUT2D eigenvalue weighted by Gasteiger charge is -2.23. The highest BCUT2D eigenvalue weighted by Gasteiger charge is 2.28. The van der Waals surface area contributed by atoms with Crippen LogP contribution in [0.2, 0.25) is 0 Å². The van der Waals surface area contributed by atoms with Gasteiger partial charge >= 0.3 is 0 Å². The SMILES string of the molecule is COCCN(C)C(=O)c1ccc([C@H]2CCCN2Cc2cccc(F)c2)s1. The highest BCUT2D eigenvalue weighted by Crippen LogP contribution is 2.37. The Morgan fingerprint density at radius 3 is 3.00 bits per heavy atom. The summed E-state index contributed by atoms with van der Waals surface area (Å²) < 4.78 is 18.5. The number of amides is 1. The van der Waals surface area contributed by atoms with Crippen molar-refractivity contribution in [3.8, 4) is 0 Å². The molecule has 26 heavy (non-hydrogen) atoms. The number of likely N-dealkylation sites (N-methyl/N-ethyl adjacent to an activating group) is 1. The van der Waals surface area contributed by atoms with E-state index in [2.05, 4.69) is 11.0 Å². The standard InChI is InChI=1S/C20H25FN2O2S/c1-22(11-12-25-2)20(24)19-9-8-18(26-19)17-7-4-10-23(17)14-15-5-3-6-16(21)13-15/h3,5-6,8-9,13,17H,4,7,10-12,14H2,1-2H3/t17-/m1/s1. The quantitative estimate of drug-likeness (QED) is 0.734. The van der Waals surface area contributed by atoms with Gasteiger partial charge in [-0.25, -0.2) is 4.39 Å². The Morgan fingerprint density at radius 2 is 2.23 bits per heavy atom. The van der Waals surface area contributed by atoms with Crippen LogP contribution in [0.25, 0.3) is 0 Å². The fourth-order valence-electron chi connectivity index (χ4n) is 3.37. The fourth-order valence-corrected chi connectivity index (χ4v) is 4.54. The number of likely N-dealkylation sites (tertiary alicyclic amines) is 1. The van der Waals surface area contributed by atoms with Gasteiger partial charge < -0.3 is 9.64 Å². The highest BCUT2D eigenvalue weighted by atomic mass is 32.1. The second-order valence-electron chi connectivity index (χ2n) is 6.68. The van der Waals surface area contributed by atoms with Crippen molar-refractivity contribution < 1.29 is 13.9 Å². The number of methoxy groups -OCH3 is 1. The molecule has 1 atom stereocenters. The van der Waals surface area contributed by atoms with E-state index in [1.54, 1.807) is 42.5 Å². The van der Waals surface area contributed by atoms with Gasteiger partial charge in [-0.05, 0) is 49.2 Å². The lowest BCUT2D eigenvalue weighted by atomic mass is 10.1. The van der Waals surface area contributed by atoms with Gasteiger partial charge in [0.05, 0.1) is 11.5 Å². The molecule has 0 saturated carbocycles. The molecule has 0 unspecified atom stereocenters. The lowest BCUT2D eigenvalue weighted by Crippen LogP contribution is -2.29. The van der Waals surface area contributed by atoms with Gasteiger partial charge in [-0.15, -0.1) is 11.3 Å². The maximum Gasteiger partial charge on any atom is 0.263 e. The monoisotopic (exact) mass is 376 g/mol. The third-order valence-electron chi connectivity index (χ3n) is 4.78. The Morgan fingerprint density at radius 1 is 1.38 bits per heavy atom. The van der Waals surface area contributed by atoms with E-state index in [0.717, 1.165) is 36.4 Å². The maximum absolute atomic E-state index is 13.5. The molecule has 0 spiro atoms. The van der Waals surface area contributed by atoms with Crippen molar-refractivity contribution in [1.82, 2.24) is 9.80 Å². The first-order valence-electron chi connectivity index (χ1n) is 8.91. The molecule has 0 radical (unpaired) electrons. The lowest BCUT2D eigenvalue weighted by molar-refractivity contribution is 0.0749. The molecule has 0 N–H and O–H groups in total. The Labute approximate surface area is 158 Å². The van der Waals surface area contributed by atoms with Gasteiger partial charge in [0.2, 0.25) is 0 Å². The van der Waals surface area contributed by atoms with Crippen LogP contribution in [0.5, 0.6) is 0 Å². The minimum Gasteiger partial charge on any atom is -0.383 e. The normalized spacial score (nSPS) is 17.6. The summed E-state index contributed by atoms with van der Waals surface area (Å²) in [4.78, 5) is 18.6. The predicted octanol–water partition coefficient (Wildman–Crippen LogP) is 3.94. The minimum absolute atomic E-state index is 0.0352.